The number of primary amides is 1. The zero-order valence-corrected chi connectivity index (χ0v) is 17.1. The number of hydrogen-bond donors (Lipinski definition) is 1. The molecular formula is C23H22N2O4S. The lowest BCUT2D eigenvalue weighted by Gasteiger charge is -2.28. The van der Waals surface area contributed by atoms with E-state index in [1.165, 1.54) is 11.3 Å². The summed E-state index contributed by atoms with van der Waals surface area (Å²) in [6.45, 7) is 2.79. The molecule has 0 saturated carbocycles. The third-order valence-electron chi connectivity index (χ3n) is 4.88. The highest BCUT2D eigenvalue weighted by Crippen LogP contribution is 2.40. The van der Waals surface area contributed by atoms with E-state index in [4.69, 9.17) is 15.2 Å². The first kappa shape index (κ1) is 20.1. The van der Waals surface area contributed by atoms with Crippen LogP contribution in [0, 0.1) is 0 Å². The first-order chi connectivity index (χ1) is 14.6. The van der Waals surface area contributed by atoms with Crippen LogP contribution in [-0.2, 0) is 14.3 Å². The fourth-order valence-electron chi connectivity index (χ4n) is 3.39. The number of nitrogens with zero attached hydrogens (tertiary/aromatic N) is 1. The Balaban J connectivity index is 1.65. The molecule has 1 aliphatic heterocycles. The largest absolute Gasteiger partial charge is 0.443 e. The number of carbonyl (C=O) groups excluding carboxylic acids is 2. The van der Waals surface area contributed by atoms with Crippen molar-refractivity contribution >= 4 is 28.2 Å². The second kappa shape index (κ2) is 9.11. The van der Waals surface area contributed by atoms with Gasteiger partial charge in [-0.05, 0) is 11.6 Å². The van der Waals surface area contributed by atoms with Crippen molar-refractivity contribution in [3.63, 3.8) is 0 Å². The molecule has 0 spiro atoms. The summed E-state index contributed by atoms with van der Waals surface area (Å²) >= 11 is 1.36. The van der Waals surface area contributed by atoms with Crippen LogP contribution < -0.4 is 10.6 Å². The van der Waals surface area contributed by atoms with Gasteiger partial charge in [-0.1, -0.05) is 60.7 Å². The minimum Gasteiger partial charge on any atom is -0.443 e. The molecule has 0 radical (unpaired) electrons. The van der Waals surface area contributed by atoms with E-state index in [-0.39, 0.29) is 0 Å². The summed E-state index contributed by atoms with van der Waals surface area (Å²) in [4.78, 5) is 27.5. The van der Waals surface area contributed by atoms with Crippen LogP contribution in [0.3, 0.4) is 0 Å². The van der Waals surface area contributed by atoms with Crippen molar-refractivity contribution in [1.29, 1.82) is 0 Å². The maximum Gasteiger partial charge on any atom is 0.349 e. The smallest absolute Gasteiger partial charge is 0.349 e. The number of benzene rings is 2. The SMILES string of the molecule is NC(=O)[C@@H](OC(=O)c1cc(-c2ccccc2)c(N2CCOCC2)s1)c1ccccc1. The molecule has 0 bridgehead atoms. The molecule has 1 fully saturated rings. The first-order valence-electron chi connectivity index (χ1n) is 9.70. The van der Waals surface area contributed by atoms with Gasteiger partial charge in [-0.25, -0.2) is 4.79 Å². The third kappa shape index (κ3) is 4.37. The molecule has 154 valence electrons. The molecule has 3 aromatic rings. The zero-order chi connectivity index (χ0) is 20.9. The van der Waals surface area contributed by atoms with Crippen LogP contribution in [0.1, 0.15) is 21.3 Å². The van der Waals surface area contributed by atoms with Crippen LogP contribution in [0.15, 0.2) is 66.7 Å². The van der Waals surface area contributed by atoms with Crippen molar-refractivity contribution in [2.75, 3.05) is 31.2 Å². The average Bonchev–Trinajstić information content (AvgIpc) is 3.24. The lowest BCUT2D eigenvalue weighted by molar-refractivity contribution is -0.127. The number of anilines is 1. The Hall–Kier alpha value is -3.16. The first-order valence-corrected chi connectivity index (χ1v) is 10.5. The number of esters is 1. The number of carbonyl (C=O) groups is 2. The predicted molar refractivity (Wildman–Crippen MR) is 117 cm³/mol. The lowest BCUT2D eigenvalue weighted by Crippen LogP contribution is -2.35. The summed E-state index contributed by atoms with van der Waals surface area (Å²) < 4.78 is 11.0. The molecule has 2 heterocycles. The van der Waals surface area contributed by atoms with E-state index in [1.807, 2.05) is 42.5 Å². The Morgan fingerprint density at radius 1 is 1.00 bits per heavy atom. The van der Waals surface area contributed by atoms with Gasteiger partial charge in [-0.15, -0.1) is 11.3 Å². The van der Waals surface area contributed by atoms with Gasteiger partial charge in [0, 0.05) is 24.2 Å². The Morgan fingerprint density at radius 2 is 1.63 bits per heavy atom. The molecule has 6 nitrogen and oxygen atoms in total. The van der Waals surface area contributed by atoms with Crippen LogP contribution in [0.5, 0.6) is 0 Å². The van der Waals surface area contributed by atoms with Crippen molar-refractivity contribution in [2.24, 2.45) is 5.73 Å². The molecule has 1 atom stereocenters. The van der Waals surface area contributed by atoms with Crippen molar-refractivity contribution < 1.29 is 19.1 Å². The van der Waals surface area contributed by atoms with Gasteiger partial charge in [0.15, 0.2) is 0 Å². The molecule has 0 unspecified atom stereocenters. The fraction of sp³-hybridized carbons (Fsp3) is 0.217. The number of morpholine rings is 1. The van der Waals surface area contributed by atoms with Gasteiger partial charge in [0.2, 0.25) is 6.10 Å². The second-order valence-corrected chi connectivity index (χ2v) is 7.92. The van der Waals surface area contributed by atoms with Crippen molar-refractivity contribution in [1.82, 2.24) is 0 Å². The van der Waals surface area contributed by atoms with Crippen LogP contribution in [-0.4, -0.2) is 38.2 Å². The Kier molecular flexibility index (Phi) is 6.11. The summed E-state index contributed by atoms with van der Waals surface area (Å²) in [5.74, 6) is -1.27. The monoisotopic (exact) mass is 422 g/mol. The number of rotatable bonds is 6. The summed E-state index contributed by atoms with van der Waals surface area (Å²) in [6.07, 6.45) is -1.13. The minimum absolute atomic E-state index is 0.428. The minimum atomic E-state index is -1.13. The molecule has 2 N–H and O–H groups in total. The van der Waals surface area contributed by atoms with E-state index < -0.39 is 18.0 Å². The van der Waals surface area contributed by atoms with E-state index in [1.54, 1.807) is 24.3 Å². The molecule has 30 heavy (non-hydrogen) atoms. The third-order valence-corrected chi connectivity index (χ3v) is 6.06. The van der Waals surface area contributed by atoms with Crippen LogP contribution in [0.25, 0.3) is 11.1 Å². The van der Waals surface area contributed by atoms with Crippen LogP contribution in [0.4, 0.5) is 5.00 Å². The number of ether oxygens (including phenoxy) is 2. The van der Waals surface area contributed by atoms with Crippen molar-refractivity contribution in [3.05, 3.63) is 77.2 Å². The predicted octanol–water partition coefficient (Wildman–Crippen LogP) is 3.64. The van der Waals surface area contributed by atoms with Gasteiger partial charge < -0.3 is 20.1 Å². The fourth-order valence-corrected chi connectivity index (χ4v) is 4.51. The normalized spacial score (nSPS) is 14.9. The standard InChI is InChI=1S/C23H22N2O4S/c24-21(26)20(17-9-5-2-6-10-17)29-23(27)19-15-18(16-7-3-1-4-8-16)22(30-19)25-11-13-28-14-12-25/h1-10,15,20H,11-14H2,(H2,24,26)/t20-/m0/s1. The lowest BCUT2D eigenvalue weighted by atomic mass is 10.1. The molecular weight excluding hydrogens is 400 g/mol. The average molecular weight is 423 g/mol. The highest BCUT2D eigenvalue weighted by atomic mass is 32.1. The van der Waals surface area contributed by atoms with E-state index in [9.17, 15) is 9.59 Å². The summed E-state index contributed by atoms with van der Waals surface area (Å²) in [5, 5.41) is 0.992. The van der Waals surface area contributed by atoms with Gasteiger partial charge >= 0.3 is 5.97 Å². The second-order valence-electron chi connectivity index (χ2n) is 6.89. The topological polar surface area (TPSA) is 81.9 Å². The summed E-state index contributed by atoms with van der Waals surface area (Å²) in [5.41, 5.74) is 8.03. The van der Waals surface area contributed by atoms with Gasteiger partial charge in [0.25, 0.3) is 5.91 Å². The zero-order valence-electron chi connectivity index (χ0n) is 16.3. The highest BCUT2D eigenvalue weighted by molar-refractivity contribution is 7.18. The molecule has 2 aromatic carbocycles. The number of hydrogen-bond acceptors (Lipinski definition) is 6. The van der Waals surface area contributed by atoms with E-state index in [0.717, 1.165) is 29.2 Å². The van der Waals surface area contributed by atoms with E-state index >= 15 is 0 Å². The molecule has 1 saturated heterocycles. The van der Waals surface area contributed by atoms with Gasteiger partial charge in [-0.2, -0.15) is 0 Å². The number of amides is 1. The Labute approximate surface area is 178 Å². The summed E-state index contributed by atoms with van der Waals surface area (Å²) in [7, 11) is 0. The molecule has 1 amide bonds. The summed E-state index contributed by atoms with van der Waals surface area (Å²) in [6, 6.07) is 20.5. The van der Waals surface area contributed by atoms with Crippen LogP contribution >= 0.6 is 11.3 Å². The Morgan fingerprint density at radius 3 is 2.27 bits per heavy atom. The highest BCUT2D eigenvalue weighted by Gasteiger charge is 2.27. The Bertz CT molecular complexity index is 1010. The molecule has 1 aromatic heterocycles. The number of thiophene rings is 1. The van der Waals surface area contributed by atoms with Gasteiger partial charge in [0.05, 0.1) is 18.2 Å². The van der Waals surface area contributed by atoms with Crippen molar-refractivity contribution in [2.45, 2.75) is 6.10 Å². The molecule has 1 aliphatic rings. The maximum atomic E-state index is 12.9. The van der Waals surface area contributed by atoms with Crippen LogP contribution in [0.2, 0.25) is 0 Å². The molecule has 0 aliphatic carbocycles. The van der Waals surface area contributed by atoms with Gasteiger partial charge in [-0.3, -0.25) is 4.79 Å². The van der Waals surface area contributed by atoms with E-state index in [0.29, 0.717) is 23.7 Å². The molecule has 7 heteroatoms. The quantitative estimate of drug-likeness (QED) is 0.614. The number of nitrogens with two attached hydrogens (primary N) is 1. The maximum absolute atomic E-state index is 12.9. The van der Waals surface area contributed by atoms with Crippen molar-refractivity contribution in [3.8, 4) is 11.1 Å². The molecule has 4 rings (SSSR count). The van der Waals surface area contributed by atoms with E-state index in [2.05, 4.69) is 4.90 Å². The van der Waals surface area contributed by atoms with Gasteiger partial charge in [0.1, 0.15) is 4.88 Å².